The van der Waals surface area contributed by atoms with Crippen LogP contribution in [0.5, 0.6) is 0 Å². The molecule has 0 bridgehead atoms. The first-order valence-corrected chi connectivity index (χ1v) is 8.41. The molecule has 0 aliphatic carbocycles. The lowest BCUT2D eigenvalue weighted by Crippen LogP contribution is -2.36. The molecule has 1 aromatic carbocycles. The van der Waals surface area contributed by atoms with Crippen molar-refractivity contribution in [3.05, 3.63) is 55.6 Å². The Kier molecular flexibility index (Phi) is 5.64. The fourth-order valence-corrected chi connectivity index (χ4v) is 4.18. The normalized spacial score (nSPS) is 14.5. The summed E-state index contributed by atoms with van der Waals surface area (Å²) in [6, 6.07) is 12.6. The molecule has 0 fully saturated rings. The van der Waals surface area contributed by atoms with Gasteiger partial charge in [0.25, 0.3) is 0 Å². The molecule has 2 rings (SSSR count). The van der Waals surface area contributed by atoms with Gasteiger partial charge in [-0.3, -0.25) is 4.90 Å². The maximum absolute atomic E-state index is 6.18. The van der Waals surface area contributed by atoms with Crippen molar-refractivity contribution in [3.63, 3.8) is 0 Å². The van der Waals surface area contributed by atoms with Crippen molar-refractivity contribution in [2.75, 3.05) is 7.05 Å². The van der Waals surface area contributed by atoms with E-state index in [9.17, 15) is 0 Å². The van der Waals surface area contributed by atoms with Gasteiger partial charge in [-0.2, -0.15) is 0 Å². The molecule has 0 aliphatic heterocycles. The van der Waals surface area contributed by atoms with Gasteiger partial charge in [0.05, 0.1) is 10.4 Å². The summed E-state index contributed by atoms with van der Waals surface area (Å²) in [5.74, 6) is 0. The third-order valence-corrected chi connectivity index (χ3v) is 4.97. The Labute approximate surface area is 137 Å². The van der Waals surface area contributed by atoms with Crippen molar-refractivity contribution in [2.24, 2.45) is 5.73 Å². The predicted octanol–water partition coefficient (Wildman–Crippen LogP) is 4.68. The van der Waals surface area contributed by atoms with Gasteiger partial charge in [0.1, 0.15) is 0 Å². The van der Waals surface area contributed by atoms with E-state index in [1.54, 1.807) is 11.3 Å². The zero-order chi connectivity index (χ0) is 14.7. The van der Waals surface area contributed by atoms with Gasteiger partial charge < -0.3 is 5.73 Å². The van der Waals surface area contributed by atoms with Crippen molar-refractivity contribution < 1.29 is 0 Å². The Bertz CT molecular complexity index is 571. The molecule has 20 heavy (non-hydrogen) atoms. The Balaban J connectivity index is 2.17. The second-order valence-corrected chi connectivity index (χ2v) is 7.65. The first-order valence-electron chi connectivity index (χ1n) is 6.43. The number of nitrogens with zero attached hydrogens (tertiary/aromatic N) is 1. The molecule has 0 aliphatic rings. The fraction of sp³-hybridized carbons (Fsp3) is 0.333. The van der Waals surface area contributed by atoms with Crippen LogP contribution in [0.3, 0.4) is 0 Å². The molecule has 2 atom stereocenters. The number of halogens is 2. The minimum Gasteiger partial charge on any atom is -0.326 e. The lowest BCUT2D eigenvalue weighted by Gasteiger charge is -2.30. The van der Waals surface area contributed by atoms with Crippen LogP contribution in [-0.4, -0.2) is 18.0 Å². The largest absolute Gasteiger partial charge is 0.326 e. The average Bonchev–Trinajstić information content (AvgIpc) is 2.75. The molecule has 0 saturated heterocycles. The lowest BCUT2D eigenvalue weighted by atomic mass is 10.1. The van der Waals surface area contributed by atoms with Crippen molar-refractivity contribution in [1.82, 2.24) is 4.90 Å². The first kappa shape index (κ1) is 16.0. The maximum Gasteiger partial charge on any atom is 0.0931 e. The molecule has 108 valence electrons. The number of likely N-dealkylation sites (N-methyl/N-ethyl adjacent to an activating group) is 1. The molecule has 2 aromatic rings. The van der Waals surface area contributed by atoms with Crippen molar-refractivity contribution >= 4 is 38.9 Å². The quantitative estimate of drug-likeness (QED) is 0.824. The summed E-state index contributed by atoms with van der Waals surface area (Å²) in [6.07, 6.45) is 0. The monoisotopic (exact) mass is 372 g/mol. The number of benzene rings is 1. The van der Waals surface area contributed by atoms with Gasteiger partial charge >= 0.3 is 0 Å². The summed E-state index contributed by atoms with van der Waals surface area (Å²) < 4.78 is 1.90. The molecule has 2 unspecified atom stereocenters. The number of nitrogens with two attached hydrogens (primary N) is 1. The SMILES string of the molecule is CC(N)C(c1ccc(Cl)s1)N(C)Cc1cccc(Br)c1. The summed E-state index contributed by atoms with van der Waals surface area (Å²) >= 11 is 11.2. The second-order valence-electron chi connectivity index (χ2n) is 4.99. The molecule has 0 radical (unpaired) electrons. The molecule has 0 amide bonds. The smallest absolute Gasteiger partial charge is 0.0931 e. The number of rotatable bonds is 5. The minimum atomic E-state index is 0.0434. The Morgan fingerprint density at radius 2 is 2.10 bits per heavy atom. The van der Waals surface area contributed by atoms with Crippen LogP contribution in [0.4, 0.5) is 0 Å². The van der Waals surface area contributed by atoms with Gasteiger partial charge in [-0.1, -0.05) is 39.7 Å². The van der Waals surface area contributed by atoms with Crippen LogP contribution < -0.4 is 5.73 Å². The Morgan fingerprint density at radius 3 is 2.65 bits per heavy atom. The van der Waals surface area contributed by atoms with E-state index in [-0.39, 0.29) is 12.1 Å². The third kappa shape index (κ3) is 4.06. The van der Waals surface area contributed by atoms with E-state index in [0.717, 1.165) is 15.4 Å². The van der Waals surface area contributed by atoms with Crippen LogP contribution in [0.15, 0.2) is 40.9 Å². The van der Waals surface area contributed by atoms with E-state index in [0.29, 0.717) is 0 Å². The van der Waals surface area contributed by atoms with E-state index < -0.39 is 0 Å². The van der Waals surface area contributed by atoms with Gasteiger partial charge in [-0.05, 0) is 43.8 Å². The van der Waals surface area contributed by atoms with E-state index in [4.69, 9.17) is 17.3 Å². The summed E-state index contributed by atoms with van der Waals surface area (Å²) in [5.41, 5.74) is 7.43. The van der Waals surface area contributed by atoms with Crippen LogP contribution in [-0.2, 0) is 6.54 Å². The number of thiophene rings is 1. The topological polar surface area (TPSA) is 29.3 Å². The fourth-order valence-electron chi connectivity index (χ4n) is 2.39. The second kappa shape index (κ2) is 7.05. The highest BCUT2D eigenvalue weighted by atomic mass is 79.9. The Hall–Kier alpha value is -0.390. The molecule has 1 aromatic heterocycles. The molecular weight excluding hydrogens is 356 g/mol. The lowest BCUT2D eigenvalue weighted by molar-refractivity contribution is 0.214. The molecule has 5 heteroatoms. The highest BCUT2D eigenvalue weighted by molar-refractivity contribution is 9.10. The van der Waals surface area contributed by atoms with Crippen molar-refractivity contribution in [1.29, 1.82) is 0 Å². The van der Waals surface area contributed by atoms with Gasteiger partial charge in [-0.25, -0.2) is 0 Å². The molecule has 2 N–H and O–H groups in total. The summed E-state index contributed by atoms with van der Waals surface area (Å²) in [6.45, 7) is 2.89. The highest BCUT2D eigenvalue weighted by Crippen LogP contribution is 2.32. The van der Waals surface area contributed by atoms with Crippen molar-refractivity contribution in [3.8, 4) is 0 Å². The molecule has 2 nitrogen and oxygen atoms in total. The van der Waals surface area contributed by atoms with Gasteiger partial charge in [0.2, 0.25) is 0 Å². The zero-order valence-electron chi connectivity index (χ0n) is 11.5. The van der Waals surface area contributed by atoms with E-state index in [1.807, 2.05) is 19.1 Å². The predicted molar refractivity (Wildman–Crippen MR) is 91.3 cm³/mol. The van der Waals surface area contributed by atoms with E-state index in [2.05, 4.69) is 52.1 Å². The Morgan fingerprint density at radius 1 is 1.35 bits per heavy atom. The first-order chi connectivity index (χ1) is 9.47. The average molecular weight is 374 g/mol. The standard InChI is InChI=1S/C15H18BrClN2S/c1-10(18)15(13-6-7-14(17)20-13)19(2)9-11-4-3-5-12(16)8-11/h3-8,10,15H,9,18H2,1-2H3. The van der Waals surface area contributed by atoms with Gasteiger partial charge in [0, 0.05) is 21.9 Å². The van der Waals surface area contributed by atoms with Gasteiger partial charge in [0.15, 0.2) is 0 Å². The summed E-state index contributed by atoms with van der Waals surface area (Å²) in [7, 11) is 2.10. The third-order valence-electron chi connectivity index (χ3n) is 3.18. The van der Waals surface area contributed by atoms with Crippen LogP contribution in [0.1, 0.15) is 23.4 Å². The molecule has 0 saturated carbocycles. The molecule has 1 heterocycles. The maximum atomic E-state index is 6.18. The minimum absolute atomic E-state index is 0.0434. The van der Waals surface area contributed by atoms with Crippen LogP contribution in [0.25, 0.3) is 0 Å². The van der Waals surface area contributed by atoms with Crippen LogP contribution >= 0.6 is 38.9 Å². The number of hydrogen-bond acceptors (Lipinski definition) is 3. The number of hydrogen-bond donors (Lipinski definition) is 1. The van der Waals surface area contributed by atoms with E-state index in [1.165, 1.54) is 10.4 Å². The summed E-state index contributed by atoms with van der Waals surface area (Å²) in [4.78, 5) is 3.48. The highest BCUT2D eigenvalue weighted by Gasteiger charge is 2.23. The van der Waals surface area contributed by atoms with Crippen LogP contribution in [0, 0.1) is 0 Å². The van der Waals surface area contributed by atoms with Crippen molar-refractivity contribution in [2.45, 2.75) is 25.6 Å². The zero-order valence-corrected chi connectivity index (χ0v) is 14.7. The van der Waals surface area contributed by atoms with E-state index >= 15 is 0 Å². The summed E-state index contributed by atoms with van der Waals surface area (Å²) in [5, 5.41) is 0. The molecular formula is C15H18BrClN2S. The van der Waals surface area contributed by atoms with Crippen LogP contribution in [0.2, 0.25) is 4.34 Å². The molecule has 0 spiro atoms. The van der Waals surface area contributed by atoms with Gasteiger partial charge in [-0.15, -0.1) is 11.3 Å².